The number of nitrogens with one attached hydrogen (secondary N) is 1. The number of anilines is 1. The maximum absolute atomic E-state index is 11.7. The highest BCUT2D eigenvalue weighted by Gasteiger charge is 2.22. The number of rotatable bonds is 3. The third-order valence-electron chi connectivity index (χ3n) is 3.22. The molecule has 1 N–H and O–H groups in total. The zero-order chi connectivity index (χ0) is 16.3. The van der Waals surface area contributed by atoms with Crippen molar-refractivity contribution in [3.8, 4) is 0 Å². The van der Waals surface area contributed by atoms with Gasteiger partial charge in [-0.05, 0) is 51.0 Å². The molecule has 1 aromatic carbocycles. The second-order valence-electron chi connectivity index (χ2n) is 6.76. The number of ether oxygens (including phenoxy) is 2. The molecule has 0 unspecified atom stereocenters. The molecule has 0 aromatic heterocycles. The minimum Gasteiger partial charge on any atom is -0.475 e. The van der Waals surface area contributed by atoms with E-state index >= 15 is 0 Å². The van der Waals surface area contributed by atoms with E-state index in [2.05, 4.69) is 24.2 Å². The molecule has 120 valence electrons. The predicted molar refractivity (Wildman–Crippen MR) is 87.4 cm³/mol. The Morgan fingerprint density at radius 3 is 2.45 bits per heavy atom. The van der Waals surface area contributed by atoms with Crippen molar-refractivity contribution in [1.82, 2.24) is 0 Å². The first-order valence-electron chi connectivity index (χ1n) is 7.55. The first kappa shape index (κ1) is 16.3. The summed E-state index contributed by atoms with van der Waals surface area (Å²) in [6, 6.07) is 7.61. The lowest BCUT2D eigenvalue weighted by Crippen LogP contribution is -2.27. The van der Waals surface area contributed by atoms with Gasteiger partial charge in [0, 0.05) is 11.3 Å². The van der Waals surface area contributed by atoms with Gasteiger partial charge in [0.15, 0.2) is 0 Å². The van der Waals surface area contributed by atoms with Crippen molar-refractivity contribution in [2.24, 2.45) is 10.9 Å². The molecule has 0 fully saturated rings. The van der Waals surface area contributed by atoms with Crippen molar-refractivity contribution in [3.63, 3.8) is 0 Å². The first-order valence-corrected chi connectivity index (χ1v) is 7.55. The lowest BCUT2D eigenvalue weighted by atomic mass is 10.1. The first-order chi connectivity index (χ1) is 10.2. The van der Waals surface area contributed by atoms with Gasteiger partial charge < -0.3 is 9.47 Å². The highest BCUT2D eigenvalue weighted by atomic mass is 16.6. The van der Waals surface area contributed by atoms with Gasteiger partial charge in [-0.2, -0.15) is 0 Å². The number of benzene rings is 1. The average molecular weight is 304 g/mol. The fourth-order valence-corrected chi connectivity index (χ4v) is 2.01. The van der Waals surface area contributed by atoms with Gasteiger partial charge in [0.2, 0.25) is 5.90 Å². The van der Waals surface area contributed by atoms with Gasteiger partial charge in [-0.15, -0.1) is 0 Å². The lowest BCUT2D eigenvalue weighted by molar-refractivity contribution is 0.0636. The van der Waals surface area contributed by atoms with E-state index in [9.17, 15) is 4.79 Å². The van der Waals surface area contributed by atoms with E-state index in [0.29, 0.717) is 24.1 Å². The molecule has 1 aliphatic rings. The van der Waals surface area contributed by atoms with Gasteiger partial charge in [0.1, 0.15) is 12.2 Å². The minimum atomic E-state index is -0.512. The summed E-state index contributed by atoms with van der Waals surface area (Å²) < 4.78 is 10.9. The largest absolute Gasteiger partial charge is 0.475 e. The van der Waals surface area contributed by atoms with Gasteiger partial charge in [-0.1, -0.05) is 13.8 Å². The Bertz CT molecular complexity index is 556. The number of hydrogen-bond donors (Lipinski definition) is 1. The van der Waals surface area contributed by atoms with Crippen LogP contribution in [0.4, 0.5) is 10.5 Å². The minimum absolute atomic E-state index is 0.217. The Labute approximate surface area is 131 Å². The number of carbonyl (C=O) groups is 1. The smallest absolute Gasteiger partial charge is 0.412 e. The van der Waals surface area contributed by atoms with Crippen LogP contribution in [0.1, 0.15) is 40.2 Å². The quantitative estimate of drug-likeness (QED) is 0.923. The summed E-state index contributed by atoms with van der Waals surface area (Å²) in [6.07, 6.45) is -0.463. The maximum Gasteiger partial charge on any atom is 0.412 e. The molecule has 0 saturated heterocycles. The lowest BCUT2D eigenvalue weighted by Gasteiger charge is -2.19. The molecular formula is C17H24N2O3. The van der Waals surface area contributed by atoms with Crippen LogP contribution < -0.4 is 5.32 Å². The Hall–Kier alpha value is -2.04. The van der Waals surface area contributed by atoms with Crippen molar-refractivity contribution in [1.29, 1.82) is 0 Å². The summed E-state index contributed by atoms with van der Waals surface area (Å²) in [7, 11) is 0. The van der Waals surface area contributed by atoms with Gasteiger partial charge in [0.25, 0.3) is 0 Å². The number of nitrogens with zero attached hydrogens (tertiary/aromatic N) is 1. The van der Waals surface area contributed by atoms with Gasteiger partial charge >= 0.3 is 6.09 Å². The van der Waals surface area contributed by atoms with Crippen LogP contribution in [-0.4, -0.2) is 30.2 Å². The molecule has 0 radical (unpaired) electrons. The highest BCUT2D eigenvalue weighted by molar-refractivity contribution is 5.96. The molecule has 0 spiro atoms. The van der Waals surface area contributed by atoms with Crippen molar-refractivity contribution >= 4 is 17.7 Å². The standard InChI is InChI=1S/C17H24N2O3/c1-11(2)14-10-21-15(19-14)12-6-8-13(9-7-12)18-16(20)22-17(3,4)5/h6-9,11,14H,10H2,1-5H3,(H,18,20)/t14-/m0/s1. The fourth-order valence-electron chi connectivity index (χ4n) is 2.01. The van der Waals surface area contributed by atoms with E-state index in [1.165, 1.54) is 0 Å². The van der Waals surface area contributed by atoms with Crippen LogP contribution in [-0.2, 0) is 9.47 Å². The van der Waals surface area contributed by atoms with E-state index < -0.39 is 11.7 Å². The Morgan fingerprint density at radius 1 is 1.32 bits per heavy atom. The molecule has 1 amide bonds. The molecule has 1 heterocycles. The van der Waals surface area contributed by atoms with Crippen molar-refractivity contribution in [3.05, 3.63) is 29.8 Å². The summed E-state index contributed by atoms with van der Waals surface area (Å²) in [4.78, 5) is 16.3. The van der Waals surface area contributed by atoms with Crippen LogP contribution in [0.5, 0.6) is 0 Å². The number of hydrogen-bond acceptors (Lipinski definition) is 4. The van der Waals surface area contributed by atoms with E-state index in [0.717, 1.165) is 5.56 Å². The molecule has 22 heavy (non-hydrogen) atoms. The third kappa shape index (κ3) is 4.48. The zero-order valence-corrected chi connectivity index (χ0v) is 13.8. The molecule has 1 aromatic rings. The van der Waals surface area contributed by atoms with Crippen LogP contribution in [0.15, 0.2) is 29.3 Å². The van der Waals surface area contributed by atoms with Crippen molar-refractivity contribution in [2.45, 2.75) is 46.3 Å². The Balaban J connectivity index is 1.99. The van der Waals surface area contributed by atoms with E-state index in [-0.39, 0.29) is 6.04 Å². The average Bonchev–Trinajstić information content (AvgIpc) is 2.87. The Morgan fingerprint density at radius 2 is 1.95 bits per heavy atom. The summed E-state index contributed by atoms with van der Waals surface area (Å²) >= 11 is 0. The molecule has 0 saturated carbocycles. The molecule has 5 nitrogen and oxygen atoms in total. The topological polar surface area (TPSA) is 59.9 Å². The Kier molecular flexibility index (Phi) is 4.74. The molecule has 5 heteroatoms. The van der Waals surface area contributed by atoms with Crippen LogP contribution in [0.3, 0.4) is 0 Å². The molecule has 0 bridgehead atoms. The summed E-state index contributed by atoms with van der Waals surface area (Å²) in [6.45, 7) is 10.4. The van der Waals surface area contributed by atoms with Crippen LogP contribution in [0.2, 0.25) is 0 Å². The van der Waals surface area contributed by atoms with E-state index in [4.69, 9.17) is 9.47 Å². The zero-order valence-electron chi connectivity index (χ0n) is 13.8. The number of amides is 1. The summed E-state index contributed by atoms with van der Waals surface area (Å²) in [5, 5.41) is 2.70. The summed E-state index contributed by atoms with van der Waals surface area (Å²) in [5.41, 5.74) is 1.08. The summed E-state index contributed by atoms with van der Waals surface area (Å²) in [5.74, 6) is 1.13. The van der Waals surface area contributed by atoms with Gasteiger partial charge in [-0.3, -0.25) is 5.32 Å². The van der Waals surface area contributed by atoms with Crippen LogP contribution in [0.25, 0.3) is 0 Å². The highest BCUT2D eigenvalue weighted by Crippen LogP contribution is 2.19. The van der Waals surface area contributed by atoms with E-state index in [1.807, 2.05) is 45.0 Å². The maximum atomic E-state index is 11.7. The molecular weight excluding hydrogens is 280 g/mol. The second kappa shape index (κ2) is 6.38. The molecule has 0 aliphatic carbocycles. The predicted octanol–water partition coefficient (Wildman–Crippen LogP) is 3.84. The second-order valence-corrected chi connectivity index (χ2v) is 6.76. The van der Waals surface area contributed by atoms with E-state index in [1.54, 1.807) is 0 Å². The van der Waals surface area contributed by atoms with Crippen LogP contribution >= 0.6 is 0 Å². The van der Waals surface area contributed by atoms with Crippen molar-refractivity contribution in [2.75, 3.05) is 11.9 Å². The fraction of sp³-hybridized carbons (Fsp3) is 0.529. The molecule has 1 aliphatic heterocycles. The third-order valence-corrected chi connectivity index (χ3v) is 3.22. The van der Waals surface area contributed by atoms with Crippen LogP contribution in [0, 0.1) is 5.92 Å². The normalized spacial score (nSPS) is 17.9. The SMILES string of the molecule is CC(C)[C@@H]1COC(c2ccc(NC(=O)OC(C)(C)C)cc2)=N1. The number of carbonyl (C=O) groups excluding carboxylic acids is 1. The van der Waals surface area contributed by atoms with Gasteiger partial charge in [0.05, 0.1) is 6.04 Å². The number of aliphatic imine (C=N–C) groups is 1. The molecule has 1 atom stereocenters. The van der Waals surface area contributed by atoms with Gasteiger partial charge in [-0.25, -0.2) is 9.79 Å². The molecule has 2 rings (SSSR count). The van der Waals surface area contributed by atoms with Crippen molar-refractivity contribution < 1.29 is 14.3 Å². The monoisotopic (exact) mass is 304 g/mol.